The number of benzene rings is 2. The molecule has 0 spiro atoms. The number of methoxy groups -OCH3 is 2. The van der Waals surface area contributed by atoms with Crippen molar-refractivity contribution in [2.45, 2.75) is 19.3 Å². The second kappa shape index (κ2) is 11.8. The molecule has 0 bridgehead atoms. The summed E-state index contributed by atoms with van der Waals surface area (Å²) in [5.74, 6) is 3.05. The largest absolute Gasteiger partial charge is 0.497 e. The zero-order valence-electron chi connectivity index (χ0n) is 22.5. The van der Waals surface area contributed by atoms with Crippen LogP contribution in [0.15, 0.2) is 76.9 Å². The Bertz CT molecular complexity index is 1270. The zero-order chi connectivity index (χ0) is 26.5. The van der Waals surface area contributed by atoms with E-state index in [2.05, 4.69) is 58.5 Å². The first-order valence-corrected chi connectivity index (χ1v) is 13.4. The summed E-state index contributed by atoms with van der Waals surface area (Å²) >= 11 is 0. The number of nitriles is 1. The lowest BCUT2D eigenvalue weighted by molar-refractivity contribution is 0.131. The first kappa shape index (κ1) is 25.9. The van der Waals surface area contributed by atoms with Crippen molar-refractivity contribution in [3.05, 3.63) is 88.0 Å². The van der Waals surface area contributed by atoms with Crippen molar-refractivity contribution in [2.24, 2.45) is 0 Å². The molecule has 3 aliphatic rings. The van der Waals surface area contributed by atoms with Crippen molar-refractivity contribution in [1.82, 2.24) is 15.1 Å². The number of allylic oxidation sites excluding steroid dienone is 1. The van der Waals surface area contributed by atoms with Crippen LogP contribution in [0.25, 0.3) is 6.08 Å². The lowest BCUT2D eigenvalue weighted by Gasteiger charge is -2.42. The molecule has 0 aliphatic carbocycles. The Kier molecular flexibility index (Phi) is 8.02. The highest BCUT2D eigenvalue weighted by molar-refractivity contribution is 5.63. The van der Waals surface area contributed by atoms with Crippen LogP contribution in [-0.2, 0) is 4.74 Å². The van der Waals surface area contributed by atoms with Gasteiger partial charge in [0.1, 0.15) is 28.9 Å². The van der Waals surface area contributed by atoms with Gasteiger partial charge < -0.3 is 24.4 Å². The van der Waals surface area contributed by atoms with Crippen molar-refractivity contribution >= 4 is 6.08 Å². The normalized spacial score (nSPS) is 21.2. The molecule has 7 heteroatoms. The van der Waals surface area contributed by atoms with Crippen LogP contribution in [0.4, 0.5) is 0 Å². The molecule has 0 radical (unpaired) electrons. The van der Waals surface area contributed by atoms with Gasteiger partial charge in [-0.1, -0.05) is 31.2 Å². The Morgan fingerprint density at radius 2 is 1.66 bits per heavy atom. The van der Waals surface area contributed by atoms with E-state index in [0.29, 0.717) is 11.5 Å². The predicted octanol–water partition coefficient (Wildman–Crippen LogP) is 4.52. The van der Waals surface area contributed by atoms with Gasteiger partial charge in [-0.05, 0) is 60.0 Å². The first-order valence-electron chi connectivity index (χ1n) is 13.4. The van der Waals surface area contributed by atoms with Crippen LogP contribution in [-0.4, -0.2) is 69.8 Å². The molecule has 1 unspecified atom stereocenters. The summed E-state index contributed by atoms with van der Waals surface area (Å²) in [7, 11) is 3.35. The number of hydrogen-bond donors (Lipinski definition) is 1. The number of hydrogen-bond acceptors (Lipinski definition) is 7. The number of nitrogens with zero attached hydrogens (tertiary/aromatic N) is 3. The molecule has 0 saturated carbocycles. The topological polar surface area (TPSA) is 70.0 Å². The molecule has 1 atom stereocenters. The van der Waals surface area contributed by atoms with Crippen LogP contribution in [0.5, 0.6) is 11.5 Å². The monoisotopic (exact) mass is 512 g/mol. The summed E-state index contributed by atoms with van der Waals surface area (Å²) in [6.07, 6.45) is 3.27. The molecule has 1 N–H and O–H groups in total. The minimum atomic E-state index is -0.182. The van der Waals surface area contributed by atoms with Gasteiger partial charge >= 0.3 is 0 Å². The molecule has 0 amide bonds. The van der Waals surface area contributed by atoms with E-state index in [9.17, 15) is 5.26 Å². The van der Waals surface area contributed by atoms with Crippen LogP contribution in [0.2, 0.25) is 0 Å². The summed E-state index contributed by atoms with van der Waals surface area (Å²) in [6, 6.07) is 18.8. The Morgan fingerprint density at radius 1 is 1.00 bits per heavy atom. The van der Waals surface area contributed by atoms with E-state index in [1.54, 1.807) is 14.2 Å². The molecular weight excluding hydrogens is 476 g/mol. The fourth-order valence-electron chi connectivity index (χ4n) is 5.56. The van der Waals surface area contributed by atoms with Crippen LogP contribution in [0.3, 0.4) is 0 Å². The van der Waals surface area contributed by atoms with E-state index in [-0.39, 0.29) is 5.92 Å². The Morgan fingerprint density at radius 3 is 2.26 bits per heavy atom. The highest BCUT2D eigenvalue weighted by atomic mass is 16.5. The molecule has 5 rings (SSSR count). The molecule has 38 heavy (non-hydrogen) atoms. The number of nitrogens with one attached hydrogen (secondary N) is 1. The lowest BCUT2D eigenvalue weighted by Crippen LogP contribution is -2.45. The van der Waals surface area contributed by atoms with Gasteiger partial charge in [-0.3, -0.25) is 4.90 Å². The summed E-state index contributed by atoms with van der Waals surface area (Å²) < 4.78 is 17.6. The van der Waals surface area contributed by atoms with E-state index >= 15 is 0 Å². The highest BCUT2D eigenvalue weighted by Gasteiger charge is 2.40. The summed E-state index contributed by atoms with van der Waals surface area (Å²) in [6.45, 7) is 8.08. The third-order valence-corrected chi connectivity index (χ3v) is 7.41. The molecule has 198 valence electrons. The van der Waals surface area contributed by atoms with Gasteiger partial charge in [-0.25, -0.2) is 0 Å². The molecule has 1 fully saturated rings. The number of rotatable bonds is 7. The lowest BCUT2D eigenvalue weighted by atomic mass is 9.80. The fraction of sp³-hybridized carbons (Fsp3) is 0.387. The first-order chi connectivity index (χ1) is 18.6. The maximum Gasteiger partial charge on any atom is 0.210 e. The van der Waals surface area contributed by atoms with Gasteiger partial charge in [-0.15, -0.1) is 0 Å². The van der Waals surface area contributed by atoms with Crippen molar-refractivity contribution in [3.63, 3.8) is 0 Å². The molecule has 1 saturated heterocycles. The van der Waals surface area contributed by atoms with E-state index in [1.807, 2.05) is 24.3 Å². The quantitative estimate of drug-likeness (QED) is 0.585. The second-order valence-electron chi connectivity index (χ2n) is 9.88. The second-order valence-corrected chi connectivity index (χ2v) is 9.88. The number of ether oxygens (including phenoxy) is 3. The van der Waals surface area contributed by atoms with E-state index in [1.165, 1.54) is 0 Å². The minimum absolute atomic E-state index is 0.182. The van der Waals surface area contributed by atoms with Gasteiger partial charge in [0, 0.05) is 44.8 Å². The van der Waals surface area contributed by atoms with Crippen molar-refractivity contribution < 1.29 is 14.2 Å². The van der Waals surface area contributed by atoms with E-state index in [4.69, 9.17) is 14.2 Å². The zero-order valence-corrected chi connectivity index (χ0v) is 22.5. The van der Waals surface area contributed by atoms with Gasteiger partial charge in [0.2, 0.25) is 5.88 Å². The van der Waals surface area contributed by atoms with E-state index < -0.39 is 0 Å². The average Bonchev–Trinajstić information content (AvgIpc) is 2.97. The van der Waals surface area contributed by atoms with Crippen LogP contribution >= 0.6 is 0 Å². The van der Waals surface area contributed by atoms with Crippen molar-refractivity contribution in [2.75, 3.05) is 60.0 Å². The maximum absolute atomic E-state index is 10.5. The third kappa shape index (κ3) is 5.28. The number of piperazine rings is 1. The molecule has 0 aromatic heterocycles. The van der Waals surface area contributed by atoms with Crippen LogP contribution < -0.4 is 14.8 Å². The van der Waals surface area contributed by atoms with Crippen LogP contribution in [0.1, 0.15) is 30.4 Å². The molecule has 2 aromatic carbocycles. The maximum atomic E-state index is 10.5. The molecule has 7 nitrogen and oxygen atoms in total. The molecule has 2 aromatic rings. The fourth-order valence-corrected chi connectivity index (χ4v) is 5.56. The van der Waals surface area contributed by atoms with Gasteiger partial charge in [-0.2, -0.15) is 5.26 Å². The molecule has 3 heterocycles. The average molecular weight is 513 g/mol. The van der Waals surface area contributed by atoms with E-state index in [0.717, 1.165) is 91.8 Å². The summed E-state index contributed by atoms with van der Waals surface area (Å²) in [4.78, 5) is 4.68. The standard InChI is InChI=1S/C31H36N4O3/c1-4-15-34-20-24(18-22-5-9-25(36-2)10-6-22)30-28(21-34)29(23-7-11-26(37-3)12-8-23)27(19-32)31(38-30)35-16-13-33-14-17-35/h5-12,18,29,33H,4,13-17,20-21H2,1-3H3/b24-18+. The predicted molar refractivity (Wildman–Crippen MR) is 149 cm³/mol. The highest BCUT2D eigenvalue weighted by Crippen LogP contribution is 2.45. The van der Waals surface area contributed by atoms with Crippen LogP contribution in [0, 0.1) is 11.3 Å². The van der Waals surface area contributed by atoms with Gasteiger partial charge in [0.15, 0.2) is 0 Å². The Balaban J connectivity index is 1.65. The third-order valence-electron chi connectivity index (χ3n) is 7.41. The Labute approximate surface area is 225 Å². The van der Waals surface area contributed by atoms with Crippen molar-refractivity contribution in [3.8, 4) is 17.6 Å². The molecule has 3 aliphatic heterocycles. The SMILES string of the molecule is CCCN1CC2=C(OC(N3CCNCC3)=C(C#N)C2c2ccc(OC)cc2)/C(=C/c2ccc(OC)cc2)C1. The Hall–Kier alpha value is -3.73. The smallest absolute Gasteiger partial charge is 0.210 e. The summed E-state index contributed by atoms with van der Waals surface area (Å²) in [5.41, 5.74) is 5.12. The minimum Gasteiger partial charge on any atom is -0.497 e. The van der Waals surface area contributed by atoms with Gasteiger partial charge in [0.05, 0.1) is 20.1 Å². The summed E-state index contributed by atoms with van der Waals surface area (Å²) in [5, 5.41) is 13.9. The van der Waals surface area contributed by atoms with Crippen molar-refractivity contribution in [1.29, 1.82) is 5.26 Å². The molecular formula is C31H36N4O3. The van der Waals surface area contributed by atoms with Gasteiger partial charge in [0.25, 0.3) is 0 Å².